The summed E-state index contributed by atoms with van der Waals surface area (Å²) in [5.74, 6) is 0.715. The Balaban J connectivity index is 1.59. The van der Waals surface area contributed by atoms with Crippen LogP contribution in [-0.2, 0) is 16.0 Å². The summed E-state index contributed by atoms with van der Waals surface area (Å²) in [7, 11) is 3.65. The van der Waals surface area contributed by atoms with Gasteiger partial charge < -0.3 is 14.4 Å². The second kappa shape index (κ2) is 7.92. The number of rotatable bonds is 6. The molecule has 0 N–H and O–H groups in total. The number of hydrogen-bond donors (Lipinski definition) is 0. The Kier molecular flexibility index (Phi) is 5.82. The van der Waals surface area contributed by atoms with Crippen molar-refractivity contribution in [3.8, 4) is 5.75 Å². The third-order valence-corrected chi connectivity index (χ3v) is 5.82. The monoisotopic (exact) mass is 364 g/mol. The molecule has 5 nitrogen and oxygen atoms in total. The van der Waals surface area contributed by atoms with Gasteiger partial charge in [0.2, 0.25) is 5.91 Å². The van der Waals surface area contributed by atoms with E-state index in [9.17, 15) is 9.18 Å². The molecule has 2 aliphatic heterocycles. The highest BCUT2D eigenvalue weighted by molar-refractivity contribution is 5.80. The van der Waals surface area contributed by atoms with Crippen LogP contribution in [0.1, 0.15) is 25.3 Å². The van der Waals surface area contributed by atoms with Crippen molar-refractivity contribution in [1.29, 1.82) is 0 Å². The van der Waals surface area contributed by atoms with Gasteiger partial charge in [0.25, 0.3) is 0 Å². The lowest BCUT2D eigenvalue weighted by Gasteiger charge is -2.58. The highest BCUT2D eigenvalue weighted by Gasteiger charge is 2.50. The summed E-state index contributed by atoms with van der Waals surface area (Å²) in [6.45, 7) is 6.16. The van der Waals surface area contributed by atoms with Gasteiger partial charge in [0.15, 0.2) is 0 Å². The molecule has 0 saturated carbocycles. The number of carbonyl (C=O) groups is 1. The molecule has 2 heterocycles. The summed E-state index contributed by atoms with van der Waals surface area (Å²) in [4.78, 5) is 17.0. The van der Waals surface area contributed by atoms with E-state index in [4.69, 9.17) is 9.47 Å². The van der Waals surface area contributed by atoms with Gasteiger partial charge in [0.05, 0.1) is 19.1 Å². The van der Waals surface area contributed by atoms with E-state index in [1.807, 2.05) is 11.8 Å². The second-order valence-corrected chi connectivity index (χ2v) is 7.55. The predicted molar refractivity (Wildman–Crippen MR) is 97.8 cm³/mol. The average molecular weight is 364 g/mol. The molecule has 0 unspecified atom stereocenters. The van der Waals surface area contributed by atoms with Gasteiger partial charge in [-0.2, -0.15) is 0 Å². The normalized spacial score (nSPS) is 22.3. The first-order valence-electron chi connectivity index (χ1n) is 9.36. The van der Waals surface area contributed by atoms with Crippen LogP contribution < -0.4 is 4.74 Å². The minimum atomic E-state index is -0.356. The lowest BCUT2D eigenvalue weighted by molar-refractivity contribution is -0.150. The summed E-state index contributed by atoms with van der Waals surface area (Å²) in [6, 6.07) is 4.33. The molecular formula is C20H29FN2O3. The van der Waals surface area contributed by atoms with Crippen LogP contribution >= 0.6 is 0 Å². The van der Waals surface area contributed by atoms with Gasteiger partial charge in [-0.05, 0) is 45.3 Å². The van der Waals surface area contributed by atoms with E-state index in [0.717, 1.165) is 51.3 Å². The number of ether oxygens (including phenoxy) is 2. The first kappa shape index (κ1) is 19.1. The van der Waals surface area contributed by atoms with Crippen molar-refractivity contribution in [2.75, 3.05) is 47.0 Å². The molecule has 1 aromatic carbocycles. The molecule has 2 aliphatic rings. The quantitative estimate of drug-likeness (QED) is 0.777. The zero-order valence-electron chi connectivity index (χ0n) is 16.0. The number of benzene rings is 1. The molecule has 6 heteroatoms. The van der Waals surface area contributed by atoms with Crippen molar-refractivity contribution >= 4 is 5.91 Å². The lowest BCUT2D eigenvalue weighted by Crippen LogP contribution is -2.72. The fourth-order valence-corrected chi connectivity index (χ4v) is 4.19. The molecule has 1 atom stereocenters. The number of hydrogen-bond acceptors (Lipinski definition) is 4. The molecule has 0 aliphatic carbocycles. The van der Waals surface area contributed by atoms with Crippen molar-refractivity contribution in [2.45, 2.75) is 31.7 Å². The van der Waals surface area contributed by atoms with Crippen LogP contribution in [0.15, 0.2) is 18.2 Å². The fraction of sp³-hybridized carbons (Fsp3) is 0.650. The molecule has 26 heavy (non-hydrogen) atoms. The Morgan fingerprint density at radius 3 is 2.85 bits per heavy atom. The van der Waals surface area contributed by atoms with Gasteiger partial charge in [0, 0.05) is 37.9 Å². The van der Waals surface area contributed by atoms with Crippen molar-refractivity contribution in [3.05, 3.63) is 29.6 Å². The molecule has 0 bridgehead atoms. The Morgan fingerprint density at radius 2 is 2.15 bits per heavy atom. The maximum atomic E-state index is 13.3. The predicted octanol–water partition coefficient (Wildman–Crippen LogP) is 2.34. The molecule has 144 valence electrons. The first-order chi connectivity index (χ1) is 12.5. The molecule has 0 radical (unpaired) electrons. The van der Waals surface area contributed by atoms with Crippen molar-refractivity contribution < 1.29 is 18.7 Å². The van der Waals surface area contributed by atoms with E-state index in [1.165, 1.54) is 19.2 Å². The zero-order chi connectivity index (χ0) is 18.7. The number of halogens is 1. The third-order valence-electron chi connectivity index (χ3n) is 5.82. The first-order valence-corrected chi connectivity index (χ1v) is 9.36. The van der Waals surface area contributed by atoms with Crippen LogP contribution in [0, 0.1) is 11.7 Å². The second-order valence-electron chi connectivity index (χ2n) is 7.55. The molecule has 2 fully saturated rings. The minimum Gasteiger partial charge on any atom is -0.496 e. The Hall–Kier alpha value is -1.66. The summed E-state index contributed by atoms with van der Waals surface area (Å²) in [6.07, 6.45) is 2.47. The van der Waals surface area contributed by atoms with Crippen LogP contribution in [0.2, 0.25) is 0 Å². The maximum Gasteiger partial charge on any atom is 0.227 e. The number of piperidine rings is 1. The van der Waals surface area contributed by atoms with E-state index in [0.29, 0.717) is 11.7 Å². The van der Waals surface area contributed by atoms with Crippen molar-refractivity contribution in [1.82, 2.24) is 9.80 Å². The molecule has 1 spiro atoms. The van der Waals surface area contributed by atoms with Gasteiger partial charge >= 0.3 is 0 Å². The number of nitrogens with zero attached hydrogens (tertiary/aromatic N) is 2. The van der Waals surface area contributed by atoms with Gasteiger partial charge in [-0.25, -0.2) is 4.39 Å². The molecule has 2 saturated heterocycles. The van der Waals surface area contributed by atoms with Crippen LogP contribution in [0.5, 0.6) is 5.75 Å². The molecule has 1 aromatic rings. The fourth-order valence-electron chi connectivity index (χ4n) is 4.19. The molecular weight excluding hydrogens is 335 g/mol. The summed E-state index contributed by atoms with van der Waals surface area (Å²) in [5.41, 5.74) is 0.814. The number of methoxy groups -OCH3 is 1. The van der Waals surface area contributed by atoms with E-state index < -0.39 is 0 Å². The summed E-state index contributed by atoms with van der Waals surface area (Å²) in [5, 5.41) is 0. The third kappa shape index (κ3) is 3.86. The van der Waals surface area contributed by atoms with Gasteiger partial charge in [0.1, 0.15) is 11.6 Å². The maximum absolute atomic E-state index is 13.3. The molecule has 0 aromatic heterocycles. The van der Waals surface area contributed by atoms with Gasteiger partial charge in [-0.3, -0.25) is 9.69 Å². The van der Waals surface area contributed by atoms with E-state index >= 15 is 0 Å². The van der Waals surface area contributed by atoms with Crippen LogP contribution in [0.25, 0.3) is 0 Å². The Bertz CT molecular complexity index is 644. The highest BCUT2D eigenvalue weighted by Crippen LogP contribution is 2.38. The highest BCUT2D eigenvalue weighted by atomic mass is 19.1. The molecule has 1 amide bonds. The standard InChI is InChI=1S/C20H29FN2O3/c1-4-26-12-15-7-8-22(2)20(11-15)13-23(14-20)19(24)9-16-5-6-17(21)10-18(16)25-3/h5-6,10,15H,4,7-9,11-14H2,1-3H3/t15-/m0/s1. The number of carbonyl (C=O) groups excluding carboxylic acids is 1. The smallest absolute Gasteiger partial charge is 0.227 e. The van der Waals surface area contributed by atoms with Crippen molar-refractivity contribution in [3.63, 3.8) is 0 Å². The largest absolute Gasteiger partial charge is 0.496 e. The molecule has 3 rings (SSSR count). The Morgan fingerprint density at radius 1 is 1.38 bits per heavy atom. The SMILES string of the molecule is CCOC[C@H]1CCN(C)C2(C1)CN(C(=O)Cc1ccc(F)cc1OC)C2. The summed E-state index contributed by atoms with van der Waals surface area (Å²) >= 11 is 0. The number of amides is 1. The zero-order valence-corrected chi connectivity index (χ0v) is 16.0. The summed E-state index contributed by atoms with van der Waals surface area (Å²) < 4.78 is 24.1. The van der Waals surface area contributed by atoms with Crippen LogP contribution in [-0.4, -0.2) is 68.3 Å². The van der Waals surface area contributed by atoms with E-state index in [2.05, 4.69) is 11.9 Å². The van der Waals surface area contributed by atoms with E-state index in [1.54, 1.807) is 6.07 Å². The van der Waals surface area contributed by atoms with Gasteiger partial charge in [-0.15, -0.1) is 0 Å². The average Bonchev–Trinajstić information content (AvgIpc) is 2.60. The van der Waals surface area contributed by atoms with Crippen LogP contribution in [0.4, 0.5) is 4.39 Å². The van der Waals surface area contributed by atoms with Gasteiger partial charge in [-0.1, -0.05) is 6.07 Å². The Labute approximate surface area is 155 Å². The minimum absolute atomic E-state index is 0.0702. The van der Waals surface area contributed by atoms with Crippen LogP contribution in [0.3, 0.4) is 0 Å². The number of likely N-dealkylation sites (tertiary alicyclic amines) is 2. The van der Waals surface area contributed by atoms with E-state index in [-0.39, 0.29) is 23.7 Å². The number of likely N-dealkylation sites (N-methyl/N-ethyl adjacent to an activating group) is 1. The topological polar surface area (TPSA) is 42.0 Å². The van der Waals surface area contributed by atoms with Crippen molar-refractivity contribution in [2.24, 2.45) is 5.92 Å². The lowest BCUT2D eigenvalue weighted by atomic mass is 9.75.